The van der Waals surface area contributed by atoms with Crippen LogP contribution in [0.1, 0.15) is 26.7 Å². The normalized spacial score (nSPS) is 12.1. The van der Waals surface area contributed by atoms with Crippen LogP contribution in [0.25, 0.3) is 0 Å². The van der Waals surface area contributed by atoms with E-state index in [0.717, 1.165) is 14.4 Å². The Morgan fingerprint density at radius 2 is 2.05 bits per heavy atom. The van der Waals surface area contributed by atoms with E-state index in [1.165, 1.54) is 35.9 Å². The molecule has 1 N–H and O–H groups in total. The van der Waals surface area contributed by atoms with E-state index in [4.69, 9.17) is 0 Å². The highest BCUT2D eigenvalue weighted by Crippen LogP contribution is 2.31. The minimum absolute atomic E-state index is 0.147. The molecule has 6 nitrogen and oxygen atoms in total. The molecule has 0 aliphatic carbocycles. The minimum Gasteiger partial charge on any atom is -0.294 e. The van der Waals surface area contributed by atoms with Crippen molar-refractivity contribution < 1.29 is 4.79 Å². The number of aromatic nitrogens is 4. The van der Waals surface area contributed by atoms with Crippen LogP contribution in [0, 0.1) is 0 Å². The molecular formula is C13H17N5OS3. The summed E-state index contributed by atoms with van der Waals surface area (Å²) in [5.41, 5.74) is 0. The van der Waals surface area contributed by atoms with Gasteiger partial charge in [0.2, 0.25) is 11.9 Å². The molecule has 0 aliphatic heterocycles. The lowest BCUT2D eigenvalue weighted by Gasteiger charge is -2.08. The summed E-state index contributed by atoms with van der Waals surface area (Å²) in [5, 5.41) is 10.7. The van der Waals surface area contributed by atoms with Crippen LogP contribution < -0.4 is 5.32 Å². The first kappa shape index (κ1) is 17.2. The summed E-state index contributed by atoms with van der Waals surface area (Å²) in [6.07, 6.45) is 5.52. The third-order valence-corrected chi connectivity index (χ3v) is 5.89. The maximum atomic E-state index is 12.1. The van der Waals surface area contributed by atoms with E-state index in [1.54, 1.807) is 30.2 Å². The highest BCUT2D eigenvalue weighted by molar-refractivity contribution is 8.03. The summed E-state index contributed by atoms with van der Waals surface area (Å²) in [4.78, 5) is 20.0. The van der Waals surface area contributed by atoms with Crippen LogP contribution in [0.3, 0.4) is 0 Å². The number of amides is 1. The number of nitrogens with one attached hydrogen (secondary N) is 1. The van der Waals surface area contributed by atoms with Crippen molar-refractivity contribution in [3.05, 3.63) is 18.5 Å². The molecule has 0 aliphatic rings. The highest BCUT2D eigenvalue weighted by atomic mass is 32.2. The van der Waals surface area contributed by atoms with Crippen molar-refractivity contribution in [2.75, 3.05) is 11.1 Å². The molecule has 1 unspecified atom stereocenters. The molecule has 2 aromatic heterocycles. The molecule has 0 fully saturated rings. The van der Waals surface area contributed by atoms with Crippen LogP contribution in [0.5, 0.6) is 0 Å². The van der Waals surface area contributed by atoms with Gasteiger partial charge >= 0.3 is 0 Å². The van der Waals surface area contributed by atoms with Gasteiger partial charge in [-0.1, -0.05) is 48.2 Å². The number of hydrogen-bond donors (Lipinski definition) is 1. The molecule has 1 amide bonds. The minimum atomic E-state index is -0.287. The molecule has 0 aromatic carbocycles. The maximum Gasteiger partial charge on any atom is 0.240 e. The molecule has 1 atom stereocenters. The summed E-state index contributed by atoms with van der Waals surface area (Å²) in [7, 11) is 0. The van der Waals surface area contributed by atoms with Gasteiger partial charge in [-0.2, -0.15) is 0 Å². The van der Waals surface area contributed by atoms with Gasteiger partial charge in [0.15, 0.2) is 8.68 Å². The van der Waals surface area contributed by atoms with Gasteiger partial charge in [0.1, 0.15) is 0 Å². The van der Waals surface area contributed by atoms with E-state index in [-0.39, 0.29) is 11.2 Å². The van der Waals surface area contributed by atoms with Gasteiger partial charge in [-0.3, -0.25) is 10.1 Å². The van der Waals surface area contributed by atoms with Gasteiger partial charge in [0, 0.05) is 18.1 Å². The van der Waals surface area contributed by atoms with Gasteiger partial charge in [0.25, 0.3) is 0 Å². The largest absolute Gasteiger partial charge is 0.294 e. The van der Waals surface area contributed by atoms with Crippen LogP contribution in [-0.4, -0.2) is 37.1 Å². The van der Waals surface area contributed by atoms with Crippen LogP contribution in [-0.2, 0) is 4.79 Å². The second-order valence-electron chi connectivity index (χ2n) is 4.36. The molecule has 2 heterocycles. The summed E-state index contributed by atoms with van der Waals surface area (Å²) in [6.45, 7) is 3.99. The Bertz CT molecular complexity index is 592. The summed E-state index contributed by atoms with van der Waals surface area (Å²) in [5.74, 6) is 1.22. The van der Waals surface area contributed by atoms with E-state index < -0.39 is 0 Å². The number of carbonyl (C=O) groups excluding carboxylic acids is 1. The summed E-state index contributed by atoms with van der Waals surface area (Å²) >= 11 is 4.64. The van der Waals surface area contributed by atoms with E-state index in [1.807, 2.05) is 6.92 Å². The third-order valence-electron chi connectivity index (χ3n) is 2.56. The molecular weight excluding hydrogens is 338 g/mol. The Morgan fingerprint density at radius 1 is 1.32 bits per heavy atom. The first-order valence-electron chi connectivity index (χ1n) is 6.90. The van der Waals surface area contributed by atoms with Gasteiger partial charge in [-0.25, -0.2) is 9.97 Å². The van der Waals surface area contributed by atoms with Crippen molar-refractivity contribution in [2.45, 2.75) is 40.6 Å². The Kier molecular flexibility index (Phi) is 7.07. The van der Waals surface area contributed by atoms with Crippen molar-refractivity contribution in [3.63, 3.8) is 0 Å². The second kappa shape index (κ2) is 9.06. The zero-order valence-corrected chi connectivity index (χ0v) is 14.8. The van der Waals surface area contributed by atoms with Gasteiger partial charge in [0.05, 0.1) is 5.25 Å². The topological polar surface area (TPSA) is 80.7 Å². The van der Waals surface area contributed by atoms with E-state index in [2.05, 4.69) is 32.4 Å². The Hall–Kier alpha value is -1.19. The standard InChI is InChI=1S/C13H17N5OS3/c1-3-4-8-20-12-17-18-13(22-12)21-9(2)10(19)16-11-14-6-5-7-15-11/h5-7,9H,3-4,8H2,1-2H3,(H,14,15,16,19). The summed E-state index contributed by atoms with van der Waals surface area (Å²) in [6, 6.07) is 1.70. The third kappa shape index (κ3) is 5.54. The lowest BCUT2D eigenvalue weighted by molar-refractivity contribution is -0.115. The fourth-order valence-corrected chi connectivity index (χ4v) is 4.71. The van der Waals surface area contributed by atoms with Crippen LogP contribution in [0.15, 0.2) is 27.1 Å². The predicted octanol–water partition coefficient (Wildman–Crippen LogP) is 3.34. The molecule has 22 heavy (non-hydrogen) atoms. The lowest BCUT2D eigenvalue weighted by atomic mass is 10.4. The molecule has 2 aromatic rings. The van der Waals surface area contributed by atoms with Crippen molar-refractivity contribution in [3.8, 4) is 0 Å². The molecule has 0 spiro atoms. The zero-order chi connectivity index (χ0) is 15.8. The fourth-order valence-electron chi connectivity index (χ4n) is 1.39. The van der Waals surface area contributed by atoms with Gasteiger partial charge in [-0.05, 0) is 19.4 Å². The molecule has 118 valence electrons. The van der Waals surface area contributed by atoms with Crippen molar-refractivity contribution >= 4 is 46.7 Å². The number of thioether (sulfide) groups is 2. The van der Waals surface area contributed by atoms with Crippen molar-refractivity contribution in [2.24, 2.45) is 0 Å². The SMILES string of the molecule is CCCCSc1nnc(SC(C)C(=O)Nc2ncccn2)s1. The molecule has 0 radical (unpaired) electrons. The van der Waals surface area contributed by atoms with Crippen LogP contribution in [0.4, 0.5) is 5.95 Å². The molecule has 0 saturated carbocycles. The highest BCUT2D eigenvalue weighted by Gasteiger charge is 2.18. The lowest BCUT2D eigenvalue weighted by Crippen LogP contribution is -2.23. The number of nitrogens with zero attached hydrogens (tertiary/aromatic N) is 4. The number of anilines is 1. The molecule has 0 saturated heterocycles. The predicted molar refractivity (Wildman–Crippen MR) is 91.5 cm³/mol. The monoisotopic (exact) mass is 355 g/mol. The first-order chi connectivity index (χ1) is 10.7. The average molecular weight is 356 g/mol. The molecule has 9 heteroatoms. The van der Waals surface area contributed by atoms with Crippen molar-refractivity contribution in [1.29, 1.82) is 0 Å². The van der Waals surface area contributed by atoms with E-state index in [0.29, 0.717) is 5.95 Å². The smallest absolute Gasteiger partial charge is 0.240 e. The van der Waals surface area contributed by atoms with Crippen LogP contribution in [0.2, 0.25) is 0 Å². The fraction of sp³-hybridized carbons (Fsp3) is 0.462. The van der Waals surface area contributed by atoms with E-state index >= 15 is 0 Å². The first-order valence-corrected chi connectivity index (χ1v) is 9.58. The number of rotatable bonds is 8. The quantitative estimate of drug-likeness (QED) is 0.574. The zero-order valence-electron chi connectivity index (χ0n) is 12.4. The van der Waals surface area contributed by atoms with E-state index in [9.17, 15) is 4.79 Å². The van der Waals surface area contributed by atoms with Crippen molar-refractivity contribution in [1.82, 2.24) is 20.2 Å². The van der Waals surface area contributed by atoms with Gasteiger partial charge < -0.3 is 0 Å². The molecule has 2 rings (SSSR count). The average Bonchev–Trinajstić information content (AvgIpc) is 2.96. The molecule has 0 bridgehead atoms. The Labute approximate surface area is 141 Å². The second-order valence-corrected chi connectivity index (χ2v) is 8.27. The Balaban J connectivity index is 1.83. The maximum absolute atomic E-state index is 12.1. The van der Waals surface area contributed by atoms with Gasteiger partial charge in [-0.15, -0.1) is 10.2 Å². The summed E-state index contributed by atoms with van der Waals surface area (Å²) < 4.78 is 1.76. The van der Waals surface area contributed by atoms with Crippen LogP contribution >= 0.6 is 34.9 Å². The number of unbranched alkanes of at least 4 members (excludes halogenated alkanes) is 1. The number of hydrogen-bond acceptors (Lipinski definition) is 8. The number of carbonyl (C=O) groups is 1. The Morgan fingerprint density at radius 3 is 2.77 bits per heavy atom.